The van der Waals surface area contributed by atoms with E-state index in [1.807, 2.05) is 38.1 Å². The van der Waals surface area contributed by atoms with Gasteiger partial charge in [0.15, 0.2) is 0 Å². The summed E-state index contributed by atoms with van der Waals surface area (Å²) >= 11 is 0. The number of anilines is 1. The molecule has 2 amide bonds. The maximum absolute atomic E-state index is 11.8. The number of H-pyrrole nitrogens is 1. The fourth-order valence-electron chi connectivity index (χ4n) is 1.58. The van der Waals surface area contributed by atoms with Gasteiger partial charge in [0.25, 0.3) is 0 Å². The first-order valence-electron chi connectivity index (χ1n) is 5.78. The lowest BCUT2D eigenvalue weighted by atomic mass is 10.2. The average molecular weight is 244 g/mol. The molecule has 0 saturated carbocycles. The Kier molecular flexibility index (Phi) is 3.62. The number of aromatic nitrogens is 2. The highest BCUT2D eigenvalue weighted by Crippen LogP contribution is 2.11. The van der Waals surface area contributed by atoms with Gasteiger partial charge in [-0.1, -0.05) is 17.7 Å². The Morgan fingerprint density at radius 2 is 2.06 bits per heavy atom. The molecule has 0 fully saturated rings. The summed E-state index contributed by atoms with van der Waals surface area (Å²) in [6.07, 6.45) is 3.45. The second kappa shape index (κ2) is 5.35. The molecule has 3 N–H and O–H groups in total. The molecule has 0 bridgehead atoms. The molecule has 94 valence electrons. The summed E-state index contributed by atoms with van der Waals surface area (Å²) in [5.74, 6) is 0. The van der Waals surface area contributed by atoms with E-state index in [2.05, 4.69) is 20.8 Å². The largest absolute Gasteiger partial charge is 0.331 e. The standard InChI is InChI=1S/C13H16N4O/c1-9-3-5-12(6-4-9)17-13(18)16-10(2)11-7-14-15-8-11/h3-8,10H,1-2H3,(H,14,15)(H2,16,17,18). The number of aryl methyl sites for hydroxylation is 1. The van der Waals surface area contributed by atoms with Crippen molar-refractivity contribution >= 4 is 11.7 Å². The van der Waals surface area contributed by atoms with Gasteiger partial charge < -0.3 is 10.6 Å². The first-order valence-corrected chi connectivity index (χ1v) is 5.78. The number of aromatic amines is 1. The third kappa shape index (κ3) is 3.10. The molecular weight excluding hydrogens is 228 g/mol. The molecular formula is C13H16N4O. The fourth-order valence-corrected chi connectivity index (χ4v) is 1.58. The Morgan fingerprint density at radius 3 is 2.67 bits per heavy atom. The number of carbonyl (C=O) groups excluding carboxylic acids is 1. The minimum atomic E-state index is -0.229. The topological polar surface area (TPSA) is 69.8 Å². The first-order chi connectivity index (χ1) is 8.65. The summed E-state index contributed by atoms with van der Waals surface area (Å²) in [4.78, 5) is 11.8. The van der Waals surface area contributed by atoms with Crippen LogP contribution in [0.5, 0.6) is 0 Å². The number of amides is 2. The van der Waals surface area contributed by atoms with Crippen LogP contribution in [0.2, 0.25) is 0 Å². The summed E-state index contributed by atoms with van der Waals surface area (Å²) in [5, 5.41) is 12.2. The number of nitrogens with one attached hydrogen (secondary N) is 3. The minimum Gasteiger partial charge on any atom is -0.331 e. The van der Waals surface area contributed by atoms with Gasteiger partial charge in [-0.3, -0.25) is 5.10 Å². The van der Waals surface area contributed by atoms with E-state index in [-0.39, 0.29) is 12.1 Å². The van der Waals surface area contributed by atoms with Crippen molar-refractivity contribution in [3.05, 3.63) is 47.8 Å². The molecule has 0 aliphatic carbocycles. The van der Waals surface area contributed by atoms with E-state index >= 15 is 0 Å². The van der Waals surface area contributed by atoms with E-state index in [0.717, 1.165) is 16.8 Å². The number of hydrogen-bond acceptors (Lipinski definition) is 2. The van der Waals surface area contributed by atoms with Crippen LogP contribution in [0.4, 0.5) is 10.5 Å². The highest BCUT2D eigenvalue weighted by atomic mass is 16.2. The molecule has 5 heteroatoms. The Morgan fingerprint density at radius 1 is 1.33 bits per heavy atom. The molecule has 2 aromatic rings. The van der Waals surface area contributed by atoms with Crippen LogP contribution in [0.3, 0.4) is 0 Å². The molecule has 18 heavy (non-hydrogen) atoms. The zero-order valence-corrected chi connectivity index (χ0v) is 10.4. The summed E-state index contributed by atoms with van der Waals surface area (Å²) in [6, 6.07) is 7.33. The highest BCUT2D eigenvalue weighted by Gasteiger charge is 2.09. The second-order valence-corrected chi connectivity index (χ2v) is 4.22. The van der Waals surface area contributed by atoms with Crippen molar-refractivity contribution in [1.29, 1.82) is 0 Å². The molecule has 1 unspecified atom stereocenters. The van der Waals surface area contributed by atoms with Crippen molar-refractivity contribution in [3.63, 3.8) is 0 Å². The van der Waals surface area contributed by atoms with E-state index in [4.69, 9.17) is 0 Å². The Labute approximate surface area is 106 Å². The normalized spacial score (nSPS) is 11.9. The molecule has 0 radical (unpaired) electrons. The SMILES string of the molecule is Cc1ccc(NC(=O)NC(C)c2cn[nH]c2)cc1. The van der Waals surface area contributed by atoms with E-state index < -0.39 is 0 Å². The highest BCUT2D eigenvalue weighted by molar-refractivity contribution is 5.89. The van der Waals surface area contributed by atoms with Crippen LogP contribution in [-0.4, -0.2) is 16.2 Å². The van der Waals surface area contributed by atoms with Crippen LogP contribution in [0.25, 0.3) is 0 Å². The van der Waals surface area contributed by atoms with Crippen molar-refractivity contribution in [1.82, 2.24) is 15.5 Å². The van der Waals surface area contributed by atoms with Gasteiger partial charge in [0.2, 0.25) is 0 Å². The lowest BCUT2D eigenvalue weighted by Gasteiger charge is -2.13. The van der Waals surface area contributed by atoms with Gasteiger partial charge in [0.05, 0.1) is 12.2 Å². The van der Waals surface area contributed by atoms with Crippen molar-refractivity contribution in [3.8, 4) is 0 Å². The molecule has 2 rings (SSSR count). The second-order valence-electron chi connectivity index (χ2n) is 4.22. The Bertz CT molecular complexity index is 504. The van der Waals surface area contributed by atoms with Gasteiger partial charge in [0.1, 0.15) is 0 Å². The maximum atomic E-state index is 11.8. The van der Waals surface area contributed by atoms with E-state index in [9.17, 15) is 4.79 Å². The number of hydrogen-bond donors (Lipinski definition) is 3. The third-order valence-electron chi connectivity index (χ3n) is 2.68. The molecule has 0 saturated heterocycles. The van der Waals surface area contributed by atoms with Crippen LogP contribution >= 0.6 is 0 Å². The molecule has 0 spiro atoms. The van der Waals surface area contributed by atoms with Crippen molar-refractivity contribution in [2.24, 2.45) is 0 Å². The molecule has 0 aliphatic heterocycles. The van der Waals surface area contributed by atoms with Crippen LogP contribution in [0, 0.1) is 6.92 Å². The molecule has 1 aromatic heterocycles. The molecule has 1 aromatic carbocycles. The van der Waals surface area contributed by atoms with Crippen LogP contribution < -0.4 is 10.6 Å². The summed E-state index contributed by atoms with van der Waals surface area (Å²) in [6.45, 7) is 3.91. The predicted molar refractivity (Wildman–Crippen MR) is 70.3 cm³/mol. The van der Waals surface area contributed by atoms with Gasteiger partial charge in [0, 0.05) is 17.4 Å². The molecule has 1 atom stereocenters. The summed E-state index contributed by atoms with van der Waals surface area (Å²) in [7, 11) is 0. The van der Waals surface area contributed by atoms with E-state index in [0.29, 0.717) is 0 Å². The monoisotopic (exact) mass is 244 g/mol. The average Bonchev–Trinajstić information content (AvgIpc) is 2.85. The first kappa shape index (κ1) is 12.2. The van der Waals surface area contributed by atoms with E-state index in [1.54, 1.807) is 12.4 Å². The smallest absolute Gasteiger partial charge is 0.319 e. The van der Waals surface area contributed by atoms with E-state index in [1.165, 1.54) is 0 Å². The van der Waals surface area contributed by atoms with Crippen LogP contribution in [0.15, 0.2) is 36.7 Å². The number of urea groups is 1. The van der Waals surface area contributed by atoms with Gasteiger partial charge in [-0.2, -0.15) is 5.10 Å². The molecule has 0 aliphatic rings. The minimum absolute atomic E-state index is 0.0887. The zero-order chi connectivity index (χ0) is 13.0. The van der Waals surface area contributed by atoms with Crippen LogP contribution in [0.1, 0.15) is 24.1 Å². The van der Waals surface area contributed by atoms with Gasteiger partial charge >= 0.3 is 6.03 Å². The predicted octanol–water partition coefficient (Wildman–Crippen LogP) is 2.60. The Hall–Kier alpha value is -2.30. The van der Waals surface area contributed by atoms with Crippen molar-refractivity contribution in [2.75, 3.05) is 5.32 Å². The lowest BCUT2D eigenvalue weighted by molar-refractivity contribution is 0.249. The van der Waals surface area contributed by atoms with Crippen LogP contribution in [-0.2, 0) is 0 Å². The number of carbonyl (C=O) groups is 1. The molecule has 5 nitrogen and oxygen atoms in total. The lowest BCUT2D eigenvalue weighted by Crippen LogP contribution is -2.30. The molecule has 1 heterocycles. The fraction of sp³-hybridized carbons (Fsp3) is 0.231. The Balaban J connectivity index is 1.91. The summed E-state index contributed by atoms with van der Waals surface area (Å²) < 4.78 is 0. The summed E-state index contributed by atoms with van der Waals surface area (Å²) in [5.41, 5.74) is 2.87. The van der Waals surface area contributed by atoms with Gasteiger partial charge in [-0.05, 0) is 26.0 Å². The van der Waals surface area contributed by atoms with Crippen molar-refractivity contribution in [2.45, 2.75) is 19.9 Å². The number of benzene rings is 1. The quantitative estimate of drug-likeness (QED) is 0.776. The van der Waals surface area contributed by atoms with Gasteiger partial charge in [-0.15, -0.1) is 0 Å². The van der Waals surface area contributed by atoms with Gasteiger partial charge in [-0.25, -0.2) is 4.79 Å². The third-order valence-corrected chi connectivity index (χ3v) is 2.68. The zero-order valence-electron chi connectivity index (χ0n) is 10.4. The maximum Gasteiger partial charge on any atom is 0.319 e. The van der Waals surface area contributed by atoms with Crippen molar-refractivity contribution < 1.29 is 4.79 Å². The number of nitrogens with zero attached hydrogens (tertiary/aromatic N) is 1. The number of rotatable bonds is 3.